The van der Waals surface area contributed by atoms with Crippen molar-refractivity contribution < 1.29 is 4.52 Å². The quantitative estimate of drug-likeness (QED) is 0.588. The summed E-state index contributed by atoms with van der Waals surface area (Å²) >= 11 is 1.79. The van der Waals surface area contributed by atoms with Crippen LogP contribution in [0.4, 0.5) is 5.82 Å². The van der Waals surface area contributed by atoms with E-state index >= 15 is 0 Å². The lowest BCUT2D eigenvalue weighted by Crippen LogP contribution is -2.07. The molecule has 120 valence electrons. The molecule has 4 aromatic rings. The summed E-state index contributed by atoms with van der Waals surface area (Å²) in [5, 5.41) is 10.8. The first kappa shape index (κ1) is 14.8. The van der Waals surface area contributed by atoms with Crippen LogP contribution in [0.3, 0.4) is 0 Å². The number of aryl methyl sites for hydroxylation is 1. The zero-order valence-electron chi connectivity index (χ0n) is 13.2. The monoisotopic (exact) mass is 336 g/mol. The maximum Gasteiger partial charge on any atom is 0.261 e. The fourth-order valence-corrected chi connectivity index (χ4v) is 3.66. The number of hydrogen-bond donors (Lipinski definition) is 1. The maximum absolute atomic E-state index is 5.26. The van der Waals surface area contributed by atoms with Gasteiger partial charge in [0.05, 0.1) is 5.56 Å². The third kappa shape index (κ3) is 2.88. The Bertz CT molecular complexity index is 976. The fourth-order valence-electron chi connectivity index (χ4n) is 2.67. The molecule has 0 amide bonds. The minimum absolute atomic E-state index is 0.490. The van der Waals surface area contributed by atoms with Gasteiger partial charge in [-0.25, -0.2) is 4.98 Å². The molecule has 0 unspecified atom stereocenters. The van der Waals surface area contributed by atoms with E-state index in [0.29, 0.717) is 11.7 Å². The van der Waals surface area contributed by atoms with E-state index in [2.05, 4.69) is 50.1 Å². The van der Waals surface area contributed by atoms with Crippen molar-refractivity contribution in [2.75, 3.05) is 11.9 Å². The summed E-state index contributed by atoms with van der Waals surface area (Å²) in [6, 6.07) is 12.3. The summed E-state index contributed by atoms with van der Waals surface area (Å²) in [4.78, 5) is 8.69. The highest BCUT2D eigenvalue weighted by molar-refractivity contribution is 7.17. The van der Waals surface area contributed by atoms with Gasteiger partial charge >= 0.3 is 0 Å². The SMILES string of the molecule is Cc1noc(-c2cccnc2NCCc2csc3ccccc23)n1. The number of nitrogens with one attached hydrogen (secondary N) is 1. The van der Waals surface area contributed by atoms with E-state index in [1.54, 1.807) is 24.5 Å². The predicted octanol–water partition coefficient (Wildman–Crippen LogP) is 4.31. The predicted molar refractivity (Wildman–Crippen MR) is 96.3 cm³/mol. The molecule has 0 bridgehead atoms. The molecule has 3 heterocycles. The Morgan fingerprint density at radius 3 is 2.96 bits per heavy atom. The van der Waals surface area contributed by atoms with Gasteiger partial charge in [0.2, 0.25) is 0 Å². The van der Waals surface area contributed by atoms with Crippen molar-refractivity contribution >= 4 is 27.2 Å². The molecule has 6 heteroatoms. The lowest BCUT2D eigenvalue weighted by atomic mass is 10.1. The van der Waals surface area contributed by atoms with Gasteiger partial charge < -0.3 is 9.84 Å². The topological polar surface area (TPSA) is 63.8 Å². The molecule has 5 nitrogen and oxygen atoms in total. The highest BCUT2D eigenvalue weighted by Crippen LogP contribution is 2.27. The van der Waals surface area contributed by atoms with Gasteiger partial charge in [0.25, 0.3) is 5.89 Å². The standard InChI is InChI=1S/C18H16N4OS/c1-12-21-18(23-22-12)15-6-4-9-19-17(15)20-10-8-13-11-24-16-7-3-2-5-14(13)16/h2-7,9,11H,8,10H2,1H3,(H,19,20). The van der Waals surface area contributed by atoms with Crippen LogP contribution in [0.2, 0.25) is 0 Å². The van der Waals surface area contributed by atoms with Crippen LogP contribution in [0.25, 0.3) is 21.5 Å². The third-order valence-corrected chi connectivity index (χ3v) is 4.83. The van der Waals surface area contributed by atoms with Crippen molar-refractivity contribution in [1.82, 2.24) is 15.1 Å². The van der Waals surface area contributed by atoms with E-state index in [9.17, 15) is 0 Å². The number of nitrogens with zero attached hydrogens (tertiary/aromatic N) is 3. The van der Waals surface area contributed by atoms with Crippen molar-refractivity contribution in [2.24, 2.45) is 0 Å². The lowest BCUT2D eigenvalue weighted by Gasteiger charge is -2.08. The van der Waals surface area contributed by atoms with E-state index < -0.39 is 0 Å². The van der Waals surface area contributed by atoms with Gasteiger partial charge in [0, 0.05) is 17.4 Å². The highest BCUT2D eigenvalue weighted by atomic mass is 32.1. The number of pyridine rings is 1. The number of thiophene rings is 1. The molecule has 0 atom stereocenters. The Kier molecular flexibility index (Phi) is 3.96. The van der Waals surface area contributed by atoms with E-state index in [-0.39, 0.29) is 0 Å². The van der Waals surface area contributed by atoms with Crippen LogP contribution in [0.1, 0.15) is 11.4 Å². The molecule has 24 heavy (non-hydrogen) atoms. The number of benzene rings is 1. The summed E-state index contributed by atoms with van der Waals surface area (Å²) < 4.78 is 6.59. The second-order valence-corrected chi connectivity index (χ2v) is 6.39. The molecule has 0 spiro atoms. The van der Waals surface area contributed by atoms with Crippen LogP contribution < -0.4 is 5.32 Å². The van der Waals surface area contributed by atoms with Gasteiger partial charge in [-0.05, 0) is 47.9 Å². The number of rotatable bonds is 5. The fraction of sp³-hybridized carbons (Fsp3) is 0.167. The average molecular weight is 336 g/mol. The first-order chi connectivity index (χ1) is 11.8. The van der Waals surface area contributed by atoms with E-state index in [4.69, 9.17) is 4.52 Å². The summed E-state index contributed by atoms with van der Waals surface area (Å²) in [6.45, 7) is 2.59. The summed E-state index contributed by atoms with van der Waals surface area (Å²) in [5.74, 6) is 1.87. The van der Waals surface area contributed by atoms with Crippen molar-refractivity contribution in [2.45, 2.75) is 13.3 Å². The molecule has 0 radical (unpaired) electrons. The Labute approximate surface area is 143 Å². The summed E-state index contributed by atoms with van der Waals surface area (Å²) in [6.07, 6.45) is 2.69. The van der Waals surface area contributed by atoms with Crippen molar-refractivity contribution in [1.29, 1.82) is 0 Å². The molecular weight excluding hydrogens is 320 g/mol. The van der Waals surface area contributed by atoms with Crippen molar-refractivity contribution in [3.63, 3.8) is 0 Å². The van der Waals surface area contributed by atoms with Gasteiger partial charge in [-0.2, -0.15) is 4.98 Å². The lowest BCUT2D eigenvalue weighted by molar-refractivity contribution is 0.425. The second-order valence-electron chi connectivity index (χ2n) is 5.48. The molecule has 0 aliphatic heterocycles. The number of hydrogen-bond acceptors (Lipinski definition) is 6. The smallest absolute Gasteiger partial charge is 0.261 e. The molecule has 3 aromatic heterocycles. The molecule has 0 saturated carbocycles. The molecule has 4 rings (SSSR count). The van der Waals surface area contributed by atoms with Crippen LogP contribution in [0.5, 0.6) is 0 Å². The Morgan fingerprint density at radius 1 is 1.17 bits per heavy atom. The zero-order valence-corrected chi connectivity index (χ0v) is 14.0. The average Bonchev–Trinajstić information content (AvgIpc) is 3.22. The maximum atomic E-state index is 5.26. The number of aromatic nitrogens is 3. The summed E-state index contributed by atoms with van der Waals surface area (Å²) in [7, 11) is 0. The molecule has 0 aliphatic rings. The molecular formula is C18H16N4OS. The first-order valence-electron chi connectivity index (χ1n) is 7.76. The van der Waals surface area contributed by atoms with Crippen LogP contribution in [-0.2, 0) is 6.42 Å². The van der Waals surface area contributed by atoms with Crippen LogP contribution in [0.15, 0.2) is 52.5 Å². The summed E-state index contributed by atoms with van der Waals surface area (Å²) in [5.41, 5.74) is 2.18. The molecule has 0 saturated heterocycles. The van der Waals surface area contributed by atoms with Crippen molar-refractivity contribution in [3.8, 4) is 11.5 Å². The number of anilines is 1. The van der Waals surface area contributed by atoms with Crippen LogP contribution in [-0.4, -0.2) is 21.7 Å². The molecule has 0 fully saturated rings. The second kappa shape index (κ2) is 6.41. The van der Waals surface area contributed by atoms with Crippen LogP contribution in [0, 0.1) is 6.92 Å². The van der Waals surface area contributed by atoms with Gasteiger partial charge in [-0.1, -0.05) is 23.4 Å². The first-order valence-corrected chi connectivity index (χ1v) is 8.64. The minimum atomic E-state index is 0.490. The Hall–Kier alpha value is -2.73. The largest absolute Gasteiger partial charge is 0.369 e. The Balaban J connectivity index is 1.50. The highest BCUT2D eigenvalue weighted by Gasteiger charge is 2.12. The van der Waals surface area contributed by atoms with Gasteiger partial charge in [0.15, 0.2) is 5.82 Å². The van der Waals surface area contributed by atoms with Crippen LogP contribution >= 0.6 is 11.3 Å². The van der Waals surface area contributed by atoms with Gasteiger partial charge in [-0.15, -0.1) is 11.3 Å². The normalized spacial score (nSPS) is 11.0. The molecule has 1 N–H and O–H groups in total. The van der Waals surface area contributed by atoms with E-state index in [1.165, 1.54) is 15.6 Å². The number of fused-ring (bicyclic) bond motifs is 1. The minimum Gasteiger partial charge on any atom is -0.369 e. The van der Waals surface area contributed by atoms with E-state index in [0.717, 1.165) is 24.3 Å². The zero-order chi connectivity index (χ0) is 16.4. The van der Waals surface area contributed by atoms with Crippen molar-refractivity contribution in [3.05, 3.63) is 59.4 Å². The molecule has 0 aliphatic carbocycles. The van der Waals surface area contributed by atoms with Gasteiger partial charge in [0.1, 0.15) is 5.82 Å². The third-order valence-electron chi connectivity index (χ3n) is 3.81. The Morgan fingerprint density at radius 2 is 2.08 bits per heavy atom. The molecule has 1 aromatic carbocycles. The van der Waals surface area contributed by atoms with E-state index in [1.807, 2.05) is 12.1 Å². The van der Waals surface area contributed by atoms with Gasteiger partial charge in [-0.3, -0.25) is 0 Å².